The van der Waals surface area contributed by atoms with Crippen LogP contribution in [0.25, 0.3) is 10.9 Å². The SMILES string of the molecule is Cc1cc(C)c2[nH]c(C)c(CC(=O)NNC(=O)CCC(=O)NCc3ccco3)c2c1. The fourth-order valence-electron chi connectivity index (χ4n) is 3.39. The van der Waals surface area contributed by atoms with E-state index in [0.717, 1.165) is 33.3 Å². The first-order valence-electron chi connectivity index (χ1n) is 9.78. The Bertz CT molecular complexity index is 1070. The van der Waals surface area contributed by atoms with Crippen LogP contribution in [0.1, 0.15) is 41.0 Å². The van der Waals surface area contributed by atoms with Gasteiger partial charge in [-0.15, -0.1) is 0 Å². The maximum absolute atomic E-state index is 12.3. The van der Waals surface area contributed by atoms with E-state index >= 15 is 0 Å². The van der Waals surface area contributed by atoms with Crippen LogP contribution in [-0.2, 0) is 27.3 Å². The second kappa shape index (κ2) is 9.30. The Balaban J connectivity index is 1.45. The lowest BCUT2D eigenvalue weighted by molar-refractivity contribution is -0.130. The number of hydrazine groups is 1. The van der Waals surface area contributed by atoms with Crippen LogP contribution in [0, 0.1) is 20.8 Å². The fourth-order valence-corrected chi connectivity index (χ4v) is 3.39. The molecule has 8 nitrogen and oxygen atoms in total. The van der Waals surface area contributed by atoms with Gasteiger partial charge in [-0.2, -0.15) is 0 Å². The molecule has 0 aliphatic carbocycles. The first-order valence-corrected chi connectivity index (χ1v) is 9.78. The topological polar surface area (TPSA) is 116 Å². The monoisotopic (exact) mass is 410 g/mol. The Morgan fingerprint density at radius 2 is 1.73 bits per heavy atom. The van der Waals surface area contributed by atoms with Crippen LogP contribution in [0.15, 0.2) is 34.9 Å². The number of fused-ring (bicyclic) bond motifs is 1. The van der Waals surface area contributed by atoms with E-state index in [0.29, 0.717) is 5.76 Å². The van der Waals surface area contributed by atoms with Gasteiger partial charge >= 0.3 is 0 Å². The molecule has 158 valence electrons. The summed E-state index contributed by atoms with van der Waals surface area (Å²) < 4.78 is 5.12. The second-order valence-corrected chi connectivity index (χ2v) is 7.36. The van der Waals surface area contributed by atoms with E-state index in [4.69, 9.17) is 4.42 Å². The number of carbonyl (C=O) groups is 3. The number of hydrogen-bond donors (Lipinski definition) is 4. The first kappa shape index (κ1) is 21.2. The Hall–Kier alpha value is -3.55. The Morgan fingerprint density at radius 1 is 1.00 bits per heavy atom. The predicted molar refractivity (Wildman–Crippen MR) is 112 cm³/mol. The molecule has 0 saturated carbocycles. The minimum atomic E-state index is -0.432. The summed E-state index contributed by atoms with van der Waals surface area (Å²) in [7, 11) is 0. The summed E-state index contributed by atoms with van der Waals surface area (Å²) >= 11 is 0. The highest BCUT2D eigenvalue weighted by Crippen LogP contribution is 2.26. The number of aromatic nitrogens is 1. The Morgan fingerprint density at radius 3 is 2.47 bits per heavy atom. The molecular weight excluding hydrogens is 384 g/mol. The van der Waals surface area contributed by atoms with E-state index in [-0.39, 0.29) is 37.6 Å². The largest absolute Gasteiger partial charge is 0.467 e. The van der Waals surface area contributed by atoms with Crippen LogP contribution in [0.2, 0.25) is 0 Å². The zero-order valence-corrected chi connectivity index (χ0v) is 17.3. The highest BCUT2D eigenvalue weighted by atomic mass is 16.3. The number of rotatable bonds is 7. The lowest BCUT2D eigenvalue weighted by Gasteiger charge is -2.08. The number of nitrogens with one attached hydrogen (secondary N) is 4. The van der Waals surface area contributed by atoms with Crippen LogP contribution >= 0.6 is 0 Å². The van der Waals surface area contributed by atoms with Crippen LogP contribution in [0.5, 0.6) is 0 Å². The maximum atomic E-state index is 12.3. The smallest absolute Gasteiger partial charge is 0.242 e. The minimum absolute atomic E-state index is 0.0164. The van der Waals surface area contributed by atoms with Gasteiger partial charge in [-0.1, -0.05) is 11.6 Å². The number of benzene rings is 1. The molecule has 3 aromatic rings. The van der Waals surface area contributed by atoms with Crippen molar-refractivity contribution in [2.24, 2.45) is 0 Å². The molecule has 0 fully saturated rings. The third-order valence-corrected chi connectivity index (χ3v) is 4.87. The first-order chi connectivity index (χ1) is 14.3. The van der Waals surface area contributed by atoms with Crippen molar-refractivity contribution in [3.8, 4) is 0 Å². The van der Waals surface area contributed by atoms with Crippen molar-refractivity contribution in [1.29, 1.82) is 0 Å². The van der Waals surface area contributed by atoms with Crippen LogP contribution < -0.4 is 16.2 Å². The van der Waals surface area contributed by atoms with Crippen molar-refractivity contribution in [3.63, 3.8) is 0 Å². The molecule has 3 amide bonds. The van der Waals surface area contributed by atoms with Gasteiger partial charge in [0.05, 0.1) is 19.2 Å². The van der Waals surface area contributed by atoms with Crippen molar-refractivity contribution in [3.05, 3.63) is 58.7 Å². The van der Waals surface area contributed by atoms with Crippen molar-refractivity contribution >= 4 is 28.6 Å². The fraction of sp³-hybridized carbons (Fsp3) is 0.318. The van der Waals surface area contributed by atoms with Gasteiger partial charge in [0.25, 0.3) is 0 Å². The van der Waals surface area contributed by atoms with Gasteiger partial charge in [0.15, 0.2) is 0 Å². The number of H-pyrrole nitrogens is 1. The van der Waals surface area contributed by atoms with Crippen LogP contribution in [0.3, 0.4) is 0 Å². The molecule has 8 heteroatoms. The Labute approximate surface area is 174 Å². The van der Waals surface area contributed by atoms with E-state index in [1.54, 1.807) is 12.1 Å². The third kappa shape index (κ3) is 5.28. The normalized spacial score (nSPS) is 10.8. The van der Waals surface area contributed by atoms with E-state index in [1.807, 2.05) is 26.8 Å². The zero-order chi connectivity index (χ0) is 21.7. The molecule has 0 spiro atoms. The predicted octanol–water partition coefficient (Wildman–Crippen LogP) is 2.47. The number of carbonyl (C=O) groups excluding carboxylic acids is 3. The van der Waals surface area contributed by atoms with Gasteiger partial charge in [0, 0.05) is 29.4 Å². The van der Waals surface area contributed by atoms with Gasteiger partial charge in [-0.05, 0) is 50.1 Å². The Kier molecular flexibility index (Phi) is 6.56. The van der Waals surface area contributed by atoms with E-state index in [2.05, 4.69) is 27.2 Å². The highest BCUT2D eigenvalue weighted by molar-refractivity contribution is 5.93. The molecule has 2 aromatic heterocycles. The second-order valence-electron chi connectivity index (χ2n) is 7.36. The summed E-state index contributed by atoms with van der Waals surface area (Å²) in [6, 6.07) is 7.62. The summed E-state index contributed by atoms with van der Waals surface area (Å²) in [6.07, 6.45) is 1.65. The van der Waals surface area contributed by atoms with Gasteiger partial charge < -0.3 is 14.7 Å². The summed E-state index contributed by atoms with van der Waals surface area (Å²) in [5.74, 6) is -0.390. The molecular formula is C22H26N4O4. The standard InChI is InChI=1S/C22H26N4O4/c1-13-9-14(2)22-18(10-13)17(15(3)24-22)11-21(29)26-25-20(28)7-6-19(27)23-12-16-5-4-8-30-16/h4-5,8-10,24H,6-7,11-12H2,1-3H3,(H,23,27)(H,25,28)(H,26,29). The average molecular weight is 410 g/mol. The van der Waals surface area contributed by atoms with Crippen LogP contribution in [-0.4, -0.2) is 22.7 Å². The number of furan rings is 1. The number of hydrogen-bond acceptors (Lipinski definition) is 4. The lowest BCUT2D eigenvalue weighted by atomic mass is 10.0. The van der Waals surface area contributed by atoms with E-state index in [1.165, 1.54) is 6.26 Å². The quantitative estimate of drug-likeness (QED) is 0.448. The molecule has 3 rings (SSSR count). The van der Waals surface area contributed by atoms with Crippen molar-refractivity contribution in [2.45, 2.75) is 46.6 Å². The van der Waals surface area contributed by atoms with E-state index < -0.39 is 5.91 Å². The number of aryl methyl sites for hydroxylation is 3. The van der Waals surface area contributed by atoms with Gasteiger partial charge in [0.2, 0.25) is 17.7 Å². The average Bonchev–Trinajstić information content (AvgIpc) is 3.32. The molecule has 0 aliphatic rings. The number of amides is 3. The summed E-state index contributed by atoms with van der Waals surface area (Å²) in [4.78, 5) is 39.4. The minimum Gasteiger partial charge on any atom is -0.467 e. The molecule has 2 heterocycles. The molecule has 30 heavy (non-hydrogen) atoms. The van der Waals surface area contributed by atoms with Gasteiger partial charge in [-0.3, -0.25) is 25.2 Å². The lowest BCUT2D eigenvalue weighted by Crippen LogP contribution is -2.42. The number of aromatic amines is 1. The van der Waals surface area contributed by atoms with Gasteiger partial charge in [-0.25, -0.2) is 0 Å². The zero-order valence-electron chi connectivity index (χ0n) is 17.3. The van der Waals surface area contributed by atoms with Gasteiger partial charge in [0.1, 0.15) is 5.76 Å². The summed E-state index contributed by atoms with van der Waals surface area (Å²) in [5, 5.41) is 3.68. The molecule has 0 aliphatic heterocycles. The third-order valence-electron chi connectivity index (χ3n) is 4.87. The van der Waals surface area contributed by atoms with Crippen molar-refractivity contribution in [2.75, 3.05) is 0 Å². The van der Waals surface area contributed by atoms with Crippen LogP contribution in [0.4, 0.5) is 0 Å². The molecule has 0 bridgehead atoms. The van der Waals surface area contributed by atoms with Crippen molar-refractivity contribution in [1.82, 2.24) is 21.2 Å². The van der Waals surface area contributed by atoms with Crippen molar-refractivity contribution < 1.29 is 18.8 Å². The summed E-state index contributed by atoms with van der Waals surface area (Å²) in [6.45, 7) is 6.24. The molecule has 1 aromatic carbocycles. The molecule has 0 radical (unpaired) electrons. The molecule has 0 saturated heterocycles. The van der Waals surface area contributed by atoms with E-state index in [9.17, 15) is 14.4 Å². The highest BCUT2D eigenvalue weighted by Gasteiger charge is 2.15. The molecule has 0 atom stereocenters. The molecule has 4 N–H and O–H groups in total. The maximum Gasteiger partial charge on any atom is 0.242 e. The summed E-state index contributed by atoms with van der Waals surface area (Å²) in [5.41, 5.74) is 9.88. The molecule has 0 unspecified atom stereocenters.